The highest BCUT2D eigenvalue weighted by atomic mass is 32.2. The number of nitrogens with zero attached hydrogens (tertiary/aromatic N) is 1. The standard InChI is InChI=1S/C18H32N2S/c1-6-20(7-2)13-14-21-18(15(3)4)17(19-5)16-11-9-8-10-12-16/h8-12,15,17-19H,6-7,13-14H2,1-5H3. The van der Waals surface area contributed by atoms with Crippen molar-refractivity contribution < 1.29 is 0 Å². The van der Waals surface area contributed by atoms with Gasteiger partial charge in [0, 0.05) is 23.6 Å². The van der Waals surface area contributed by atoms with Gasteiger partial charge in [-0.2, -0.15) is 11.8 Å². The topological polar surface area (TPSA) is 15.3 Å². The van der Waals surface area contributed by atoms with Crippen LogP contribution >= 0.6 is 11.8 Å². The van der Waals surface area contributed by atoms with Gasteiger partial charge >= 0.3 is 0 Å². The van der Waals surface area contributed by atoms with E-state index in [0.717, 1.165) is 13.1 Å². The van der Waals surface area contributed by atoms with Crippen LogP contribution in [0.4, 0.5) is 0 Å². The van der Waals surface area contributed by atoms with Crippen molar-refractivity contribution in [3.63, 3.8) is 0 Å². The van der Waals surface area contributed by atoms with E-state index in [4.69, 9.17) is 0 Å². The molecule has 1 aromatic rings. The quantitative estimate of drug-likeness (QED) is 0.702. The Morgan fingerprint density at radius 2 is 1.71 bits per heavy atom. The summed E-state index contributed by atoms with van der Waals surface area (Å²) in [5, 5.41) is 4.14. The molecular weight excluding hydrogens is 276 g/mol. The summed E-state index contributed by atoms with van der Waals surface area (Å²) >= 11 is 2.11. The zero-order chi connectivity index (χ0) is 15.7. The van der Waals surface area contributed by atoms with Crippen molar-refractivity contribution in [1.82, 2.24) is 10.2 Å². The largest absolute Gasteiger partial charge is 0.312 e. The number of rotatable bonds is 10. The van der Waals surface area contributed by atoms with E-state index in [-0.39, 0.29) is 0 Å². The van der Waals surface area contributed by atoms with E-state index in [1.807, 2.05) is 0 Å². The number of thioether (sulfide) groups is 1. The second kappa shape index (κ2) is 10.3. The van der Waals surface area contributed by atoms with Crippen molar-refractivity contribution in [2.75, 3.05) is 32.4 Å². The van der Waals surface area contributed by atoms with Crippen LogP contribution in [0.2, 0.25) is 0 Å². The van der Waals surface area contributed by atoms with E-state index in [1.54, 1.807) is 0 Å². The third kappa shape index (κ3) is 6.01. The van der Waals surface area contributed by atoms with Gasteiger partial charge in [-0.05, 0) is 31.6 Å². The van der Waals surface area contributed by atoms with Crippen molar-refractivity contribution in [3.8, 4) is 0 Å². The zero-order valence-corrected chi connectivity index (χ0v) is 15.1. The molecule has 0 fully saturated rings. The number of benzene rings is 1. The van der Waals surface area contributed by atoms with E-state index in [2.05, 4.69) is 87.1 Å². The molecule has 0 saturated carbocycles. The fraction of sp³-hybridized carbons (Fsp3) is 0.667. The number of hydrogen-bond acceptors (Lipinski definition) is 3. The lowest BCUT2D eigenvalue weighted by Crippen LogP contribution is -2.33. The van der Waals surface area contributed by atoms with E-state index >= 15 is 0 Å². The lowest BCUT2D eigenvalue weighted by atomic mass is 9.96. The van der Waals surface area contributed by atoms with Crippen LogP contribution in [0.5, 0.6) is 0 Å². The van der Waals surface area contributed by atoms with Crippen molar-refractivity contribution >= 4 is 11.8 Å². The van der Waals surface area contributed by atoms with Crippen LogP contribution in [-0.4, -0.2) is 42.6 Å². The molecule has 1 N–H and O–H groups in total. The van der Waals surface area contributed by atoms with Crippen molar-refractivity contribution in [1.29, 1.82) is 0 Å². The number of nitrogens with one attached hydrogen (secondary N) is 1. The van der Waals surface area contributed by atoms with Gasteiger partial charge in [0.1, 0.15) is 0 Å². The van der Waals surface area contributed by atoms with Gasteiger partial charge in [0.05, 0.1) is 0 Å². The molecule has 0 saturated heterocycles. The molecule has 0 amide bonds. The van der Waals surface area contributed by atoms with Crippen LogP contribution in [0.15, 0.2) is 30.3 Å². The minimum atomic E-state index is 0.424. The maximum absolute atomic E-state index is 3.53. The van der Waals surface area contributed by atoms with Gasteiger partial charge in [0.25, 0.3) is 0 Å². The molecule has 2 atom stereocenters. The summed E-state index contributed by atoms with van der Waals surface area (Å²) in [6.45, 7) is 12.6. The first-order chi connectivity index (χ1) is 10.1. The Hall–Kier alpha value is -0.510. The van der Waals surface area contributed by atoms with E-state index < -0.39 is 0 Å². The molecule has 2 unspecified atom stereocenters. The SMILES string of the molecule is CCN(CC)CCSC(C(C)C)C(NC)c1ccccc1. The molecule has 120 valence electrons. The first kappa shape index (κ1) is 18.5. The lowest BCUT2D eigenvalue weighted by molar-refractivity contribution is 0.323. The summed E-state index contributed by atoms with van der Waals surface area (Å²) in [5.74, 6) is 1.86. The van der Waals surface area contributed by atoms with Crippen LogP contribution in [-0.2, 0) is 0 Å². The van der Waals surface area contributed by atoms with E-state index in [1.165, 1.54) is 17.9 Å². The van der Waals surface area contributed by atoms with Crippen molar-refractivity contribution in [2.45, 2.75) is 39.0 Å². The molecule has 0 bridgehead atoms. The molecule has 3 heteroatoms. The molecule has 0 radical (unpaired) electrons. The van der Waals surface area contributed by atoms with Gasteiger partial charge < -0.3 is 10.2 Å². The van der Waals surface area contributed by atoms with Crippen LogP contribution in [0, 0.1) is 5.92 Å². The van der Waals surface area contributed by atoms with Gasteiger partial charge in [0.2, 0.25) is 0 Å². The van der Waals surface area contributed by atoms with Gasteiger partial charge in [-0.1, -0.05) is 58.0 Å². The van der Waals surface area contributed by atoms with Gasteiger partial charge in [0.15, 0.2) is 0 Å². The highest BCUT2D eigenvalue weighted by Gasteiger charge is 2.25. The molecule has 1 rings (SSSR count). The van der Waals surface area contributed by atoms with Crippen molar-refractivity contribution in [2.24, 2.45) is 5.92 Å². The molecule has 21 heavy (non-hydrogen) atoms. The Balaban J connectivity index is 2.67. The van der Waals surface area contributed by atoms with Crippen molar-refractivity contribution in [3.05, 3.63) is 35.9 Å². The second-order valence-corrected chi connectivity index (χ2v) is 7.07. The number of hydrogen-bond donors (Lipinski definition) is 1. The summed E-state index contributed by atoms with van der Waals surface area (Å²) in [6.07, 6.45) is 0. The van der Waals surface area contributed by atoms with Crippen LogP contribution in [0.1, 0.15) is 39.3 Å². The Labute approximate surface area is 135 Å². The molecule has 0 heterocycles. The molecule has 1 aromatic carbocycles. The average molecular weight is 309 g/mol. The molecular formula is C18H32N2S. The monoisotopic (exact) mass is 308 g/mol. The highest BCUT2D eigenvalue weighted by Crippen LogP contribution is 2.32. The van der Waals surface area contributed by atoms with Gasteiger partial charge in [-0.3, -0.25) is 0 Å². The predicted octanol–water partition coefficient (Wildman–Crippen LogP) is 4.05. The molecule has 2 nitrogen and oxygen atoms in total. The fourth-order valence-corrected chi connectivity index (χ4v) is 4.22. The Morgan fingerprint density at radius 3 is 2.19 bits per heavy atom. The summed E-state index contributed by atoms with van der Waals surface area (Å²) in [4.78, 5) is 2.50. The molecule has 0 aromatic heterocycles. The zero-order valence-electron chi connectivity index (χ0n) is 14.3. The normalized spacial score (nSPS) is 14.6. The first-order valence-corrected chi connectivity index (χ1v) is 9.25. The molecule has 0 spiro atoms. The minimum Gasteiger partial charge on any atom is -0.312 e. The Bertz CT molecular complexity index is 363. The van der Waals surface area contributed by atoms with Crippen LogP contribution < -0.4 is 5.32 Å². The summed E-state index contributed by atoms with van der Waals surface area (Å²) in [6, 6.07) is 11.3. The molecule has 0 aliphatic rings. The first-order valence-electron chi connectivity index (χ1n) is 8.20. The van der Waals surface area contributed by atoms with E-state index in [0.29, 0.717) is 17.2 Å². The summed E-state index contributed by atoms with van der Waals surface area (Å²) in [5.41, 5.74) is 1.40. The van der Waals surface area contributed by atoms with E-state index in [9.17, 15) is 0 Å². The molecule has 0 aliphatic carbocycles. The summed E-state index contributed by atoms with van der Waals surface area (Å²) < 4.78 is 0. The second-order valence-electron chi connectivity index (χ2n) is 5.78. The van der Waals surface area contributed by atoms with Gasteiger partial charge in [-0.25, -0.2) is 0 Å². The third-order valence-electron chi connectivity index (χ3n) is 4.07. The van der Waals surface area contributed by atoms with Crippen LogP contribution in [0.25, 0.3) is 0 Å². The third-order valence-corrected chi connectivity index (χ3v) is 5.69. The predicted molar refractivity (Wildman–Crippen MR) is 97.1 cm³/mol. The maximum atomic E-state index is 3.53. The van der Waals surface area contributed by atoms with Crippen LogP contribution in [0.3, 0.4) is 0 Å². The molecule has 0 aliphatic heterocycles. The summed E-state index contributed by atoms with van der Waals surface area (Å²) in [7, 11) is 2.08. The highest BCUT2D eigenvalue weighted by molar-refractivity contribution is 8.00. The maximum Gasteiger partial charge on any atom is 0.0440 e. The average Bonchev–Trinajstić information content (AvgIpc) is 2.51. The van der Waals surface area contributed by atoms with Gasteiger partial charge in [-0.15, -0.1) is 0 Å². The smallest absolute Gasteiger partial charge is 0.0440 e. The minimum absolute atomic E-state index is 0.424. The Kier molecular flexibility index (Phi) is 9.05. The Morgan fingerprint density at radius 1 is 1.10 bits per heavy atom. The lowest BCUT2D eigenvalue weighted by Gasteiger charge is -2.31. The fourth-order valence-electron chi connectivity index (χ4n) is 2.71.